The van der Waals surface area contributed by atoms with E-state index in [2.05, 4.69) is 18.4 Å². The van der Waals surface area contributed by atoms with E-state index in [1.54, 1.807) is 12.1 Å². The van der Waals surface area contributed by atoms with Crippen molar-refractivity contribution in [1.29, 1.82) is 0 Å². The number of quaternary nitrogens is 1. The lowest BCUT2D eigenvalue weighted by molar-refractivity contribution is 0.0697. The summed E-state index contributed by atoms with van der Waals surface area (Å²) in [6.07, 6.45) is 0. The lowest BCUT2D eigenvalue weighted by Gasteiger charge is -2.36. The molecule has 0 bridgehead atoms. The van der Waals surface area contributed by atoms with Crippen molar-refractivity contribution in [2.75, 3.05) is 33.2 Å². The van der Waals surface area contributed by atoms with Gasteiger partial charge in [0.2, 0.25) is 5.82 Å². The summed E-state index contributed by atoms with van der Waals surface area (Å²) in [6.45, 7) is 4.04. The molecule has 0 amide bonds. The molecule has 0 unspecified atom stereocenters. The van der Waals surface area contributed by atoms with E-state index >= 15 is 0 Å². The van der Waals surface area contributed by atoms with Crippen LogP contribution in [0.4, 0.5) is 5.82 Å². The molecular weight excluding hydrogens is 278 g/mol. The fourth-order valence-corrected chi connectivity index (χ4v) is 2.79. The molecule has 5 nitrogen and oxygen atoms in total. The van der Waals surface area contributed by atoms with Gasteiger partial charge in [-0.3, -0.25) is 4.48 Å². The molecule has 2 aromatic rings. The lowest BCUT2D eigenvalue weighted by atomic mass is 10.1. The monoisotopic (exact) mass is 298 g/mol. The van der Waals surface area contributed by atoms with Crippen molar-refractivity contribution in [3.63, 3.8) is 0 Å². The number of hydrogen-bond acceptors (Lipinski definition) is 3. The summed E-state index contributed by atoms with van der Waals surface area (Å²) in [6, 6.07) is 12.9. The van der Waals surface area contributed by atoms with E-state index in [9.17, 15) is 4.79 Å². The molecule has 1 saturated heterocycles. The highest BCUT2D eigenvalue weighted by molar-refractivity contribution is 5.88. The van der Waals surface area contributed by atoms with E-state index in [0.717, 1.165) is 47.7 Å². The number of rotatable bonds is 3. The number of aromatic nitrogens is 1. The quantitative estimate of drug-likeness (QED) is 0.851. The summed E-state index contributed by atoms with van der Waals surface area (Å²) in [5, 5.41) is 12.3. The maximum Gasteiger partial charge on any atom is 0.335 e. The van der Waals surface area contributed by atoms with Crippen molar-refractivity contribution < 1.29 is 9.90 Å². The number of hydrogen-bond donors (Lipinski definition) is 2. The van der Waals surface area contributed by atoms with E-state index in [-0.39, 0.29) is 0 Å². The molecule has 1 aromatic heterocycles. The lowest BCUT2D eigenvalue weighted by Crippen LogP contribution is -2.57. The molecule has 114 valence electrons. The Morgan fingerprint density at radius 1 is 1.14 bits per heavy atom. The Labute approximate surface area is 129 Å². The van der Waals surface area contributed by atoms with E-state index in [1.165, 1.54) is 0 Å². The number of benzene rings is 1. The second kappa shape index (κ2) is 5.87. The Hall–Kier alpha value is -2.24. The van der Waals surface area contributed by atoms with Crippen LogP contribution in [0, 0.1) is 0 Å². The second-order valence-corrected chi connectivity index (χ2v) is 5.86. The first-order valence-corrected chi connectivity index (χ1v) is 7.45. The average Bonchev–Trinajstić information content (AvgIpc) is 2.56. The van der Waals surface area contributed by atoms with Gasteiger partial charge in [0.1, 0.15) is 0 Å². The highest BCUT2D eigenvalue weighted by Crippen LogP contribution is 2.24. The molecule has 2 N–H and O–H groups in total. The van der Waals surface area contributed by atoms with Gasteiger partial charge >= 0.3 is 5.97 Å². The number of nitrogens with one attached hydrogen (secondary N) is 1. The van der Waals surface area contributed by atoms with Gasteiger partial charge in [-0.25, -0.2) is 4.79 Å². The van der Waals surface area contributed by atoms with Crippen molar-refractivity contribution in [2.24, 2.45) is 0 Å². The molecule has 1 fully saturated rings. The number of nitrogens with zero attached hydrogens (tertiary/aromatic N) is 2. The number of carboxylic acids is 1. The first-order valence-electron chi connectivity index (χ1n) is 7.45. The molecule has 0 radical (unpaired) electrons. The van der Waals surface area contributed by atoms with Gasteiger partial charge in [-0.05, 0) is 18.2 Å². The number of aromatic carboxylic acids is 1. The SMILES string of the molecule is C[N+]1(c2cccc(-c3ccc(C(=O)O)cc3)n2)CCNCC1. The third-order valence-electron chi connectivity index (χ3n) is 4.28. The Kier molecular flexibility index (Phi) is 3.92. The van der Waals surface area contributed by atoms with Gasteiger partial charge in [0, 0.05) is 24.7 Å². The second-order valence-electron chi connectivity index (χ2n) is 5.86. The fraction of sp³-hybridized carbons (Fsp3) is 0.294. The van der Waals surface area contributed by atoms with Crippen molar-refractivity contribution in [2.45, 2.75) is 0 Å². The molecule has 0 aliphatic carbocycles. The van der Waals surface area contributed by atoms with Crippen LogP contribution in [0.15, 0.2) is 42.5 Å². The number of carbonyl (C=O) groups is 1. The molecule has 22 heavy (non-hydrogen) atoms. The van der Waals surface area contributed by atoms with Crippen LogP contribution in [0.25, 0.3) is 11.3 Å². The summed E-state index contributed by atoms with van der Waals surface area (Å²) in [5.74, 6) is 0.147. The van der Waals surface area contributed by atoms with Crippen LogP contribution in [0.2, 0.25) is 0 Å². The Morgan fingerprint density at radius 3 is 2.45 bits per heavy atom. The summed E-state index contributed by atoms with van der Waals surface area (Å²) in [5.41, 5.74) is 2.11. The number of likely N-dealkylation sites (N-methyl/N-ethyl adjacent to an activating group) is 1. The molecule has 0 spiro atoms. The zero-order valence-corrected chi connectivity index (χ0v) is 12.6. The standard InChI is InChI=1S/C17H19N3O2/c1-20(11-9-18-10-12-20)16-4-2-3-15(19-16)13-5-7-14(8-6-13)17(21)22/h2-8,18H,9-12H2,1H3/p+1. The summed E-state index contributed by atoms with van der Waals surface area (Å²) < 4.78 is 0.827. The van der Waals surface area contributed by atoms with E-state index in [1.807, 2.05) is 24.3 Å². The Morgan fingerprint density at radius 2 is 1.82 bits per heavy atom. The molecule has 0 saturated carbocycles. The number of piperazine rings is 1. The first kappa shape index (κ1) is 14.7. The van der Waals surface area contributed by atoms with Crippen LogP contribution in [0.5, 0.6) is 0 Å². The Bertz CT molecular complexity index is 677. The topological polar surface area (TPSA) is 62.2 Å². The third kappa shape index (κ3) is 2.86. The maximum absolute atomic E-state index is 10.9. The number of pyridine rings is 1. The van der Waals surface area contributed by atoms with Crippen LogP contribution in [0.1, 0.15) is 10.4 Å². The predicted molar refractivity (Wildman–Crippen MR) is 87.0 cm³/mol. The van der Waals surface area contributed by atoms with E-state index < -0.39 is 5.97 Å². The normalized spacial score (nSPS) is 17.1. The van der Waals surface area contributed by atoms with Crippen LogP contribution < -0.4 is 9.80 Å². The molecule has 5 heteroatoms. The van der Waals surface area contributed by atoms with Crippen molar-refractivity contribution in [1.82, 2.24) is 14.8 Å². The van der Waals surface area contributed by atoms with Crippen LogP contribution in [-0.2, 0) is 0 Å². The largest absolute Gasteiger partial charge is 0.478 e. The molecule has 2 heterocycles. The fourth-order valence-electron chi connectivity index (χ4n) is 2.79. The van der Waals surface area contributed by atoms with Gasteiger partial charge in [0.25, 0.3) is 0 Å². The molecule has 3 rings (SSSR count). The van der Waals surface area contributed by atoms with E-state index in [4.69, 9.17) is 10.1 Å². The number of carboxylic acid groups (broad SMARTS) is 1. The maximum atomic E-state index is 10.9. The Balaban J connectivity index is 1.92. The zero-order valence-electron chi connectivity index (χ0n) is 12.6. The smallest absolute Gasteiger partial charge is 0.335 e. The summed E-state index contributed by atoms with van der Waals surface area (Å²) in [7, 11) is 2.21. The predicted octanol–water partition coefficient (Wildman–Crippen LogP) is 1.99. The van der Waals surface area contributed by atoms with Gasteiger partial charge in [0.05, 0.1) is 31.4 Å². The molecular formula is C17H20N3O2+. The third-order valence-corrected chi connectivity index (χ3v) is 4.28. The minimum absolute atomic E-state index is 0.293. The van der Waals surface area contributed by atoms with Crippen molar-refractivity contribution in [3.05, 3.63) is 48.0 Å². The van der Waals surface area contributed by atoms with Crippen LogP contribution in [-0.4, -0.2) is 49.3 Å². The van der Waals surface area contributed by atoms with Crippen LogP contribution >= 0.6 is 0 Å². The molecule has 1 aliphatic heterocycles. The molecule has 0 atom stereocenters. The zero-order chi connectivity index (χ0) is 15.6. The summed E-state index contributed by atoms with van der Waals surface area (Å²) in [4.78, 5) is 15.7. The highest BCUT2D eigenvalue weighted by atomic mass is 16.4. The minimum atomic E-state index is -0.910. The average molecular weight is 298 g/mol. The van der Waals surface area contributed by atoms with Crippen LogP contribution in [0.3, 0.4) is 0 Å². The van der Waals surface area contributed by atoms with E-state index in [0.29, 0.717) is 5.56 Å². The van der Waals surface area contributed by atoms with Gasteiger partial charge in [-0.15, -0.1) is 0 Å². The highest BCUT2D eigenvalue weighted by Gasteiger charge is 2.28. The summed E-state index contributed by atoms with van der Waals surface area (Å²) >= 11 is 0. The van der Waals surface area contributed by atoms with Crippen molar-refractivity contribution >= 4 is 11.8 Å². The first-order chi connectivity index (χ1) is 10.6. The van der Waals surface area contributed by atoms with Gasteiger partial charge < -0.3 is 10.4 Å². The van der Waals surface area contributed by atoms with Gasteiger partial charge in [-0.2, -0.15) is 4.98 Å². The van der Waals surface area contributed by atoms with Gasteiger partial charge in [-0.1, -0.05) is 18.2 Å². The molecule has 1 aliphatic rings. The van der Waals surface area contributed by atoms with Gasteiger partial charge in [0.15, 0.2) is 0 Å². The van der Waals surface area contributed by atoms with Crippen molar-refractivity contribution in [3.8, 4) is 11.3 Å². The molecule has 1 aromatic carbocycles. The minimum Gasteiger partial charge on any atom is -0.478 e.